The average Bonchev–Trinajstić information content (AvgIpc) is 2.51. The zero-order valence-electron chi connectivity index (χ0n) is 13.9. The van der Waals surface area contributed by atoms with Crippen molar-refractivity contribution in [2.45, 2.75) is 27.7 Å². The van der Waals surface area contributed by atoms with Gasteiger partial charge in [-0.2, -0.15) is 0 Å². The Morgan fingerprint density at radius 1 is 1.17 bits per heavy atom. The van der Waals surface area contributed by atoms with E-state index in [-0.39, 0.29) is 5.91 Å². The lowest BCUT2D eigenvalue weighted by molar-refractivity contribution is 0.102. The number of aryl methyl sites for hydroxylation is 2. The minimum Gasteiger partial charge on any atom is -0.341 e. The van der Waals surface area contributed by atoms with Gasteiger partial charge in [-0.25, -0.2) is 9.97 Å². The molecule has 1 heterocycles. The quantitative estimate of drug-likeness (QED) is 0.857. The number of carbonyl (C=O) groups excluding carboxylic acids is 1. The van der Waals surface area contributed by atoms with Gasteiger partial charge < -0.3 is 10.2 Å². The molecule has 1 aromatic carbocycles. The van der Waals surface area contributed by atoms with E-state index < -0.39 is 0 Å². The second kappa shape index (κ2) is 7.55. The molecule has 122 valence electrons. The monoisotopic (exact) mass is 376 g/mol. The van der Waals surface area contributed by atoms with Crippen LogP contribution < -0.4 is 10.2 Å². The zero-order valence-corrected chi connectivity index (χ0v) is 15.4. The summed E-state index contributed by atoms with van der Waals surface area (Å²) in [5.41, 5.74) is 2.99. The van der Waals surface area contributed by atoms with E-state index in [1.807, 2.05) is 50.8 Å². The molecule has 6 heteroatoms. The van der Waals surface area contributed by atoms with E-state index in [9.17, 15) is 4.79 Å². The Morgan fingerprint density at radius 3 is 2.48 bits per heavy atom. The second-order valence-corrected chi connectivity index (χ2v) is 6.14. The van der Waals surface area contributed by atoms with Crippen LogP contribution in [0.15, 0.2) is 28.7 Å². The molecule has 2 rings (SSSR count). The molecular formula is C17H21BrN4O. The van der Waals surface area contributed by atoms with Crippen LogP contribution >= 0.6 is 15.9 Å². The van der Waals surface area contributed by atoms with Crippen molar-refractivity contribution in [3.05, 3.63) is 45.7 Å². The van der Waals surface area contributed by atoms with Crippen molar-refractivity contribution in [2.24, 2.45) is 0 Å². The van der Waals surface area contributed by atoms with Crippen LogP contribution in [0.25, 0.3) is 0 Å². The number of aromatic nitrogens is 2. The summed E-state index contributed by atoms with van der Waals surface area (Å²) >= 11 is 3.47. The number of anilines is 2. The molecule has 0 fully saturated rings. The van der Waals surface area contributed by atoms with Crippen molar-refractivity contribution in [1.82, 2.24) is 9.97 Å². The molecule has 1 aromatic heterocycles. The second-order valence-electron chi connectivity index (χ2n) is 5.28. The maximum atomic E-state index is 12.5. The standard InChI is InChI=1S/C17H21BrN4O/c1-5-22(6-2)17-19-12(4)9-15(21-17)16(23)20-13-8-7-11(3)14(18)10-13/h7-10H,5-6H2,1-4H3,(H,20,23). The summed E-state index contributed by atoms with van der Waals surface area (Å²) in [4.78, 5) is 23.3. The molecule has 0 aliphatic heterocycles. The van der Waals surface area contributed by atoms with Crippen LogP contribution in [0.5, 0.6) is 0 Å². The number of halogens is 1. The maximum absolute atomic E-state index is 12.5. The highest BCUT2D eigenvalue weighted by Crippen LogP contribution is 2.21. The van der Waals surface area contributed by atoms with Gasteiger partial charge in [0.25, 0.3) is 5.91 Å². The van der Waals surface area contributed by atoms with E-state index in [0.717, 1.165) is 34.5 Å². The van der Waals surface area contributed by atoms with Gasteiger partial charge in [0.1, 0.15) is 5.69 Å². The van der Waals surface area contributed by atoms with Crippen LogP contribution in [0, 0.1) is 13.8 Å². The third kappa shape index (κ3) is 4.28. The number of hydrogen-bond acceptors (Lipinski definition) is 4. The Morgan fingerprint density at radius 2 is 1.87 bits per heavy atom. The number of carbonyl (C=O) groups is 1. The van der Waals surface area contributed by atoms with Crippen molar-refractivity contribution in [3.63, 3.8) is 0 Å². The Kier molecular flexibility index (Phi) is 5.71. The number of nitrogens with one attached hydrogen (secondary N) is 1. The molecule has 0 atom stereocenters. The Hall–Kier alpha value is -1.95. The van der Waals surface area contributed by atoms with E-state index in [1.165, 1.54) is 0 Å². The van der Waals surface area contributed by atoms with Crippen LogP contribution in [-0.2, 0) is 0 Å². The van der Waals surface area contributed by atoms with Crippen LogP contribution in [0.1, 0.15) is 35.6 Å². The lowest BCUT2D eigenvalue weighted by Crippen LogP contribution is -2.26. The van der Waals surface area contributed by atoms with E-state index in [4.69, 9.17) is 0 Å². The van der Waals surface area contributed by atoms with Gasteiger partial charge in [-0.3, -0.25) is 4.79 Å². The predicted molar refractivity (Wildman–Crippen MR) is 97.2 cm³/mol. The summed E-state index contributed by atoms with van der Waals surface area (Å²) in [5.74, 6) is 0.352. The molecule has 5 nitrogen and oxygen atoms in total. The zero-order chi connectivity index (χ0) is 17.0. The predicted octanol–water partition coefficient (Wildman–Crippen LogP) is 3.95. The summed E-state index contributed by atoms with van der Waals surface area (Å²) in [6.45, 7) is 9.54. The number of amides is 1. The first-order valence-corrected chi connectivity index (χ1v) is 8.42. The van der Waals surface area contributed by atoms with E-state index in [1.54, 1.807) is 6.07 Å². The van der Waals surface area contributed by atoms with Gasteiger partial charge in [-0.1, -0.05) is 22.0 Å². The highest BCUT2D eigenvalue weighted by molar-refractivity contribution is 9.10. The molecular weight excluding hydrogens is 356 g/mol. The topological polar surface area (TPSA) is 58.1 Å². The van der Waals surface area contributed by atoms with Crippen molar-refractivity contribution >= 4 is 33.5 Å². The average molecular weight is 377 g/mol. The number of nitrogens with zero attached hydrogens (tertiary/aromatic N) is 3. The lowest BCUT2D eigenvalue weighted by Gasteiger charge is -2.19. The maximum Gasteiger partial charge on any atom is 0.274 e. The molecule has 2 aromatic rings. The molecule has 0 bridgehead atoms. The minimum absolute atomic E-state index is 0.236. The normalized spacial score (nSPS) is 10.5. The fourth-order valence-electron chi connectivity index (χ4n) is 2.18. The number of rotatable bonds is 5. The first-order chi connectivity index (χ1) is 10.9. The summed E-state index contributed by atoms with van der Waals surface area (Å²) in [6.07, 6.45) is 0. The van der Waals surface area contributed by atoms with Gasteiger partial charge in [0.05, 0.1) is 0 Å². The largest absolute Gasteiger partial charge is 0.341 e. The van der Waals surface area contributed by atoms with Crippen LogP contribution in [-0.4, -0.2) is 29.0 Å². The molecule has 0 unspecified atom stereocenters. The van der Waals surface area contributed by atoms with Crippen molar-refractivity contribution in [3.8, 4) is 0 Å². The Balaban J connectivity index is 2.26. The first kappa shape index (κ1) is 17.4. The van der Waals surface area contributed by atoms with Gasteiger partial charge in [-0.15, -0.1) is 0 Å². The molecule has 0 aliphatic rings. The van der Waals surface area contributed by atoms with Gasteiger partial charge in [0, 0.05) is 28.9 Å². The number of hydrogen-bond donors (Lipinski definition) is 1. The molecule has 1 amide bonds. The third-order valence-corrected chi connectivity index (χ3v) is 4.41. The molecule has 0 aliphatic carbocycles. The fraction of sp³-hybridized carbons (Fsp3) is 0.353. The highest BCUT2D eigenvalue weighted by atomic mass is 79.9. The summed E-state index contributed by atoms with van der Waals surface area (Å²) in [5, 5.41) is 2.88. The third-order valence-electron chi connectivity index (χ3n) is 3.55. The van der Waals surface area contributed by atoms with Gasteiger partial charge in [-0.05, 0) is 51.5 Å². The smallest absolute Gasteiger partial charge is 0.274 e. The molecule has 23 heavy (non-hydrogen) atoms. The Bertz CT molecular complexity index is 714. The summed E-state index contributed by atoms with van der Waals surface area (Å²) in [7, 11) is 0. The fourth-order valence-corrected chi connectivity index (χ4v) is 2.56. The molecule has 0 spiro atoms. The van der Waals surface area contributed by atoms with Crippen molar-refractivity contribution < 1.29 is 4.79 Å². The molecule has 0 radical (unpaired) electrons. The van der Waals surface area contributed by atoms with E-state index >= 15 is 0 Å². The van der Waals surface area contributed by atoms with Gasteiger partial charge in [0.15, 0.2) is 0 Å². The molecule has 0 saturated carbocycles. The van der Waals surface area contributed by atoms with Crippen molar-refractivity contribution in [2.75, 3.05) is 23.3 Å². The van der Waals surface area contributed by atoms with E-state index in [2.05, 4.69) is 31.2 Å². The summed E-state index contributed by atoms with van der Waals surface area (Å²) in [6, 6.07) is 7.40. The van der Waals surface area contributed by atoms with Crippen molar-refractivity contribution in [1.29, 1.82) is 0 Å². The lowest BCUT2D eigenvalue weighted by atomic mass is 10.2. The van der Waals surface area contributed by atoms with Crippen LogP contribution in [0.2, 0.25) is 0 Å². The Labute approximate surface area is 145 Å². The molecule has 0 saturated heterocycles. The summed E-state index contributed by atoms with van der Waals surface area (Å²) < 4.78 is 0.956. The van der Waals surface area contributed by atoms with Crippen LogP contribution in [0.4, 0.5) is 11.6 Å². The van der Waals surface area contributed by atoms with Gasteiger partial charge >= 0.3 is 0 Å². The SMILES string of the molecule is CCN(CC)c1nc(C)cc(C(=O)Nc2ccc(C)c(Br)c2)n1. The number of benzene rings is 1. The first-order valence-electron chi connectivity index (χ1n) is 7.62. The highest BCUT2D eigenvalue weighted by Gasteiger charge is 2.14. The van der Waals surface area contributed by atoms with Crippen LogP contribution in [0.3, 0.4) is 0 Å². The minimum atomic E-state index is -0.236. The van der Waals surface area contributed by atoms with Gasteiger partial charge in [0.2, 0.25) is 5.95 Å². The molecule has 1 N–H and O–H groups in total. The van der Waals surface area contributed by atoms with E-state index in [0.29, 0.717) is 11.6 Å².